The highest BCUT2D eigenvalue weighted by Gasteiger charge is 1.94. The van der Waals surface area contributed by atoms with Crippen molar-refractivity contribution in [1.82, 2.24) is 9.97 Å². The summed E-state index contributed by atoms with van der Waals surface area (Å²) >= 11 is 0. The molecule has 5 nitrogen and oxygen atoms in total. The van der Waals surface area contributed by atoms with Crippen LogP contribution in [0, 0.1) is 0 Å². The van der Waals surface area contributed by atoms with E-state index in [0.717, 1.165) is 6.42 Å². The lowest BCUT2D eigenvalue weighted by Gasteiger charge is -2.02. The number of anilines is 1. The van der Waals surface area contributed by atoms with Crippen LogP contribution in [-0.2, 0) is 10.8 Å². The molecule has 0 fully saturated rings. The summed E-state index contributed by atoms with van der Waals surface area (Å²) in [6.07, 6.45) is 3.83. The van der Waals surface area contributed by atoms with Crippen molar-refractivity contribution in [3.63, 3.8) is 0 Å². The van der Waals surface area contributed by atoms with E-state index in [1.54, 1.807) is 6.26 Å². The maximum absolute atomic E-state index is 10.8. The van der Waals surface area contributed by atoms with Crippen molar-refractivity contribution >= 4 is 16.6 Å². The number of rotatable bonds is 5. The first-order chi connectivity index (χ1) is 6.68. The van der Waals surface area contributed by atoms with Gasteiger partial charge in [-0.3, -0.25) is 9.00 Å². The summed E-state index contributed by atoms with van der Waals surface area (Å²) in [5.74, 6) is 1.21. The first-order valence-electron chi connectivity index (χ1n) is 4.27. The number of nitrogens with zero attached hydrogens (tertiary/aromatic N) is 1. The highest BCUT2D eigenvalue weighted by molar-refractivity contribution is 7.84. The Balaban J connectivity index is 2.31. The number of aromatic nitrogens is 2. The summed E-state index contributed by atoms with van der Waals surface area (Å²) in [5.41, 5.74) is -0.179. The van der Waals surface area contributed by atoms with Crippen molar-refractivity contribution in [2.75, 3.05) is 23.9 Å². The summed E-state index contributed by atoms with van der Waals surface area (Å²) in [6.45, 7) is 0.677. The van der Waals surface area contributed by atoms with E-state index in [9.17, 15) is 9.00 Å². The van der Waals surface area contributed by atoms with Gasteiger partial charge in [-0.15, -0.1) is 0 Å². The second kappa shape index (κ2) is 5.54. The molecule has 0 saturated heterocycles. The highest BCUT2D eigenvalue weighted by atomic mass is 32.2. The van der Waals surface area contributed by atoms with E-state index in [2.05, 4.69) is 15.3 Å². The Morgan fingerprint density at radius 2 is 2.43 bits per heavy atom. The molecule has 0 saturated carbocycles. The summed E-state index contributed by atoms with van der Waals surface area (Å²) in [6, 6.07) is 1.39. The second-order valence-corrected chi connectivity index (χ2v) is 4.41. The zero-order valence-electron chi connectivity index (χ0n) is 7.95. The SMILES string of the molecule is CS(=O)CCCNc1cc(=O)[nH]cn1. The van der Waals surface area contributed by atoms with Crippen LogP contribution in [0.25, 0.3) is 0 Å². The smallest absolute Gasteiger partial charge is 0.252 e. The number of aromatic amines is 1. The summed E-state index contributed by atoms with van der Waals surface area (Å²) in [5, 5.41) is 2.98. The molecule has 0 bridgehead atoms. The van der Waals surface area contributed by atoms with E-state index < -0.39 is 10.8 Å². The molecule has 0 aromatic carbocycles. The average molecular weight is 215 g/mol. The molecule has 0 amide bonds. The molecule has 1 aromatic heterocycles. The largest absolute Gasteiger partial charge is 0.370 e. The minimum absolute atomic E-state index is 0.179. The topological polar surface area (TPSA) is 74.8 Å². The van der Waals surface area contributed by atoms with Crippen molar-refractivity contribution in [2.24, 2.45) is 0 Å². The van der Waals surface area contributed by atoms with Crippen LogP contribution in [0.4, 0.5) is 5.82 Å². The first kappa shape index (κ1) is 10.9. The van der Waals surface area contributed by atoms with Crippen LogP contribution in [0.1, 0.15) is 6.42 Å². The van der Waals surface area contributed by atoms with Crippen LogP contribution in [0.15, 0.2) is 17.2 Å². The molecule has 6 heteroatoms. The molecular formula is C8H13N3O2S. The van der Waals surface area contributed by atoms with Gasteiger partial charge < -0.3 is 10.3 Å². The molecule has 1 rings (SSSR count). The fourth-order valence-corrected chi connectivity index (χ4v) is 1.51. The lowest BCUT2D eigenvalue weighted by molar-refractivity contribution is 0.685. The van der Waals surface area contributed by atoms with E-state index >= 15 is 0 Å². The zero-order chi connectivity index (χ0) is 10.4. The van der Waals surface area contributed by atoms with E-state index in [0.29, 0.717) is 18.1 Å². The summed E-state index contributed by atoms with van der Waals surface area (Å²) in [7, 11) is -0.756. The van der Waals surface area contributed by atoms with Gasteiger partial charge in [0.05, 0.1) is 6.33 Å². The maximum Gasteiger partial charge on any atom is 0.252 e. The maximum atomic E-state index is 10.8. The third-order valence-corrected chi connectivity index (χ3v) is 2.46. The normalized spacial score (nSPS) is 12.4. The van der Waals surface area contributed by atoms with Crippen molar-refractivity contribution < 1.29 is 4.21 Å². The van der Waals surface area contributed by atoms with Gasteiger partial charge in [0, 0.05) is 35.4 Å². The van der Waals surface area contributed by atoms with Crippen LogP contribution in [0.2, 0.25) is 0 Å². The molecule has 1 heterocycles. The number of H-pyrrole nitrogens is 1. The Morgan fingerprint density at radius 1 is 1.64 bits per heavy atom. The molecule has 0 aliphatic carbocycles. The van der Waals surface area contributed by atoms with Crippen LogP contribution < -0.4 is 10.9 Å². The van der Waals surface area contributed by atoms with Gasteiger partial charge in [-0.2, -0.15) is 0 Å². The molecule has 1 atom stereocenters. The molecular weight excluding hydrogens is 202 g/mol. The lowest BCUT2D eigenvalue weighted by Crippen LogP contribution is -2.11. The molecule has 0 aliphatic rings. The fourth-order valence-electron chi connectivity index (χ4n) is 0.957. The predicted molar refractivity (Wildman–Crippen MR) is 56.9 cm³/mol. The van der Waals surface area contributed by atoms with Crippen LogP contribution in [-0.4, -0.2) is 32.7 Å². The third-order valence-electron chi connectivity index (χ3n) is 1.59. The predicted octanol–water partition coefficient (Wildman–Crippen LogP) is -0.0496. The van der Waals surface area contributed by atoms with Crippen LogP contribution >= 0.6 is 0 Å². The Hall–Kier alpha value is -1.17. The second-order valence-electron chi connectivity index (χ2n) is 2.85. The molecule has 0 aliphatic heterocycles. The van der Waals surface area contributed by atoms with Crippen molar-refractivity contribution in [3.05, 3.63) is 22.7 Å². The molecule has 1 unspecified atom stereocenters. The van der Waals surface area contributed by atoms with Gasteiger partial charge in [-0.1, -0.05) is 0 Å². The third kappa shape index (κ3) is 4.18. The summed E-state index contributed by atoms with van der Waals surface area (Å²) in [4.78, 5) is 17.2. The van der Waals surface area contributed by atoms with E-state index in [4.69, 9.17) is 0 Å². The van der Waals surface area contributed by atoms with E-state index in [1.807, 2.05) is 0 Å². The van der Waals surface area contributed by atoms with Crippen LogP contribution in [0.5, 0.6) is 0 Å². The lowest BCUT2D eigenvalue weighted by atomic mass is 10.4. The Labute approximate surface area is 84.4 Å². The quantitative estimate of drug-likeness (QED) is 0.675. The average Bonchev–Trinajstić information content (AvgIpc) is 2.12. The highest BCUT2D eigenvalue weighted by Crippen LogP contribution is 1.95. The van der Waals surface area contributed by atoms with Gasteiger partial charge >= 0.3 is 0 Å². The Kier molecular flexibility index (Phi) is 4.31. The Morgan fingerprint density at radius 3 is 3.07 bits per heavy atom. The number of hydrogen-bond acceptors (Lipinski definition) is 4. The van der Waals surface area contributed by atoms with Gasteiger partial charge in [-0.25, -0.2) is 4.98 Å². The molecule has 0 radical (unpaired) electrons. The molecule has 2 N–H and O–H groups in total. The van der Waals surface area contributed by atoms with Crippen molar-refractivity contribution in [1.29, 1.82) is 0 Å². The van der Waals surface area contributed by atoms with Gasteiger partial charge in [-0.05, 0) is 6.42 Å². The monoisotopic (exact) mass is 215 g/mol. The van der Waals surface area contributed by atoms with Gasteiger partial charge in [0.15, 0.2) is 0 Å². The van der Waals surface area contributed by atoms with Crippen molar-refractivity contribution in [2.45, 2.75) is 6.42 Å². The minimum atomic E-state index is -0.756. The van der Waals surface area contributed by atoms with Gasteiger partial charge in [0.25, 0.3) is 5.56 Å². The van der Waals surface area contributed by atoms with E-state index in [-0.39, 0.29) is 5.56 Å². The molecule has 14 heavy (non-hydrogen) atoms. The standard InChI is InChI=1S/C8H13N3O2S/c1-14(13)4-2-3-9-7-5-8(12)11-6-10-7/h5-6H,2-4H2,1H3,(H2,9,10,11,12). The van der Waals surface area contributed by atoms with Gasteiger partial charge in [0.2, 0.25) is 0 Å². The number of nitrogens with one attached hydrogen (secondary N) is 2. The molecule has 0 spiro atoms. The minimum Gasteiger partial charge on any atom is -0.370 e. The fraction of sp³-hybridized carbons (Fsp3) is 0.500. The van der Waals surface area contributed by atoms with Crippen LogP contribution in [0.3, 0.4) is 0 Å². The first-order valence-corrected chi connectivity index (χ1v) is 6.00. The van der Waals surface area contributed by atoms with Crippen molar-refractivity contribution in [3.8, 4) is 0 Å². The Bertz CT molecular complexity index is 364. The van der Waals surface area contributed by atoms with Gasteiger partial charge in [0.1, 0.15) is 5.82 Å². The van der Waals surface area contributed by atoms with E-state index in [1.165, 1.54) is 12.4 Å². The zero-order valence-corrected chi connectivity index (χ0v) is 8.76. The molecule has 78 valence electrons. The summed E-state index contributed by atoms with van der Waals surface area (Å²) < 4.78 is 10.7. The molecule has 1 aromatic rings. The number of hydrogen-bond donors (Lipinski definition) is 2.